The molecule has 0 spiro atoms. The Kier molecular flexibility index (Phi) is 3.15. The first-order valence-electron chi connectivity index (χ1n) is 6.01. The molecule has 9 heteroatoms. The average molecular weight is 304 g/mol. The monoisotopic (exact) mass is 304 g/mol. The van der Waals surface area contributed by atoms with Crippen LogP contribution < -0.4 is 4.90 Å². The second kappa shape index (κ2) is 4.72. The van der Waals surface area contributed by atoms with E-state index < -0.39 is 11.1 Å². The lowest BCUT2D eigenvalue weighted by atomic mass is 10.1. The maximum absolute atomic E-state index is 12.6. The number of halogens is 3. The SMILES string of the molecule is Cc1noc(C2CCN(c3ncc(C(F)(F)F)s3)C2)n1. The lowest BCUT2D eigenvalue weighted by molar-refractivity contribution is -0.134. The third-order valence-electron chi connectivity index (χ3n) is 3.12. The second-order valence-corrected chi connectivity index (χ2v) is 5.63. The number of thiazole rings is 1. The summed E-state index contributed by atoms with van der Waals surface area (Å²) in [6.45, 7) is 2.92. The third-order valence-corrected chi connectivity index (χ3v) is 4.23. The van der Waals surface area contributed by atoms with Crippen LogP contribution >= 0.6 is 11.3 Å². The molecule has 0 saturated carbocycles. The largest absolute Gasteiger partial charge is 0.427 e. The van der Waals surface area contributed by atoms with Crippen molar-refractivity contribution < 1.29 is 17.7 Å². The summed E-state index contributed by atoms with van der Waals surface area (Å²) in [6, 6.07) is 0. The van der Waals surface area contributed by atoms with Crippen LogP contribution in [0.1, 0.15) is 28.9 Å². The first-order valence-corrected chi connectivity index (χ1v) is 6.83. The maximum Gasteiger partial charge on any atom is 0.427 e. The van der Waals surface area contributed by atoms with E-state index in [-0.39, 0.29) is 5.92 Å². The molecule has 1 aliphatic heterocycles. The van der Waals surface area contributed by atoms with Crippen LogP contribution in [0.15, 0.2) is 10.7 Å². The van der Waals surface area contributed by atoms with Gasteiger partial charge in [-0.25, -0.2) is 4.98 Å². The minimum Gasteiger partial charge on any atom is -0.347 e. The molecule has 1 saturated heterocycles. The van der Waals surface area contributed by atoms with Gasteiger partial charge in [-0.2, -0.15) is 18.2 Å². The molecule has 0 N–H and O–H groups in total. The number of nitrogens with zero attached hydrogens (tertiary/aromatic N) is 4. The molecular formula is C11H11F3N4OS. The highest BCUT2D eigenvalue weighted by atomic mass is 32.1. The minimum atomic E-state index is -4.33. The lowest BCUT2D eigenvalue weighted by Crippen LogP contribution is -2.18. The van der Waals surface area contributed by atoms with Gasteiger partial charge in [-0.15, -0.1) is 0 Å². The van der Waals surface area contributed by atoms with Gasteiger partial charge in [-0.3, -0.25) is 0 Å². The summed E-state index contributed by atoms with van der Waals surface area (Å²) >= 11 is 0.663. The van der Waals surface area contributed by atoms with E-state index in [0.717, 1.165) is 12.6 Å². The molecule has 1 atom stereocenters. The van der Waals surface area contributed by atoms with Crippen molar-refractivity contribution >= 4 is 16.5 Å². The van der Waals surface area contributed by atoms with Crippen molar-refractivity contribution in [2.24, 2.45) is 0 Å². The molecule has 0 amide bonds. The van der Waals surface area contributed by atoms with Crippen LogP contribution in [0, 0.1) is 6.92 Å². The summed E-state index contributed by atoms with van der Waals surface area (Å²) in [5.74, 6) is 1.15. The molecule has 1 unspecified atom stereocenters. The van der Waals surface area contributed by atoms with Gasteiger partial charge in [0.2, 0.25) is 5.89 Å². The van der Waals surface area contributed by atoms with Crippen LogP contribution in [0.2, 0.25) is 0 Å². The molecular weight excluding hydrogens is 293 g/mol. The van der Waals surface area contributed by atoms with E-state index in [4.69, 9.17) is 4.52 Å². The van der Waals surface area contributed by atoms with Gasteiger partial charge in [-0.05, 0) is 13.3 Å². The average Bonchev–Trinajstić information content (AvgIpc) is 3.06. The zero-order chi connectivity index (χ0) is 14.3. The van der Waals surface area contributed by atoms with Crippen LogP contribution in [0.3, 0.4) is 0 Å². The van der Waals surface area contributed by atoms with Gasteiger partial charge in [0.1, 0.15) is 4.88 Å². The quantitative estimate of drug-likeness (QED) is 0.854. The summed E-state index contributed by atoms with van der Waals surface area (Å²) in [5.41, 5.74) is 0. The number of hydrogen-bond acceptors (Lipinski definition) is 6. The van der Waals surface area contributed by atoms with Crippen molar-refractivity contribution in [2.45, 2.75) is 25.4 Å². The first kappa shape index (κ1) is 13.3. The normalized spacial score (nSPS) is 19.8. The van der Waals surface area contributed by atoms with Gasteiger partial charge in [0.15, 0.2) is 11.0 Å². The predicted molar refractivity (Wildman–Crippen MR) is 65.7 cm³/mol. The topological polar surface area (TPSA) is 55.1 Å². The van der Waals surface area contributed by atoms with Crippen molar-refractivity contribution in [3.8, 4) is 0 Å². The van der Waals surface area contributed by atoms with E-state index in [1.165, 1.54) is 0 Å². The second-order valence-electron chi connectivity index (χ2n) is 4.62. The predicted octanol–water partition coefficient (Wildman–Crippen LogP) is 2.85. The van der Waals surface area contributed by atoms with Crippen molar-refractivity contribution in [1.82, 2.24) is 15.1 Å². The van der Waals surface area contributed by atoms with Gasteiger partial charge in [0, 0.05) is 13.1 Å². The van der Waals surface area contributed by atoms with E-state index in [9.17, 15) is 13.2 Å². The molecule has 20 heavy (non-hydrogen) atoms. The summed E-state index contributed by atoms with van der Waals surface area (Å²) in [4.78, 5) is 9.17. The third kappa shape index (κ3) is 2.49. The minimum absolute atomic E-state index is 0.0504. The summed E-state index contributed by atoms with van der Waals surface area (Å²) in [6.07, 6.45) is -2.69. The fourth-order valence-corrected chi connectivity index (χ4v) is 2.97. The Morgan fingerprint density at radius 2 is 2.25 bits per heavy atom. The van der Waals surface area contributed by atoms with Crippen LogP contribution in [0.25, 0.3) is 0 Å². The zero-order valence-corrected chi connectivity index (χ0v) is 11.3. The van der Waals surface area contributed by atoms with Crippen molar-refractivity contribution in [3.05, 3.63) is 22.8 Å². The molecule has 5 nitrogen and oxygen atoms in total. The van der Waals surface area contributed by atoms with Gasteiger partial charge in [-0.1, -0.05) is 16.5 Å². The molecule has 0 radical (unpaired) electrons. The highest BCUT2D eigenvalue weighted by Crippen LogP contribution is 2.38. The van der Waals surface area contributed by atoms with E-state index in [1.54, 1.807) is 6.92 Å². The van der Waals surface area contributed by atoms with Gasteiger partial charge in [0.05, 0.1) is 12.1 Å². The Hall–Kier alpha value is -1.64. The number of rotatable bonds is 2. The number of anilines is 1. The molecule has 2 aromatic rings. The number of aryl methyl sites for hydroxylation is 1. The summed E-state index contributed by atoms with van der Waals surface area (Å²) < 4.78 is 42.8. The Morgan fingerprint density at radius 1 is 1.45 bits per heavy atom. The van der Waals surface area contributed by atoms with E-state index in [1.807, 2.05) is 4.90 Å². The van der Waals surface area contributed by atoms with Crippen LogP contribution in [-0.2, 0) is 6.18 Å². The van der Waals surface area contributed by atoms with Gasteiger partial charge < -0.3 is 9.42 Å². The Labute approximate surface area is 116 Å². The highest BCUT2D eigenvalue weighted by molar-refractivity contribution is 7.15. The molecule has 3 heterocycles. The number of hydrogen-bond donors (Lipinski definition) is 0. The smallest absolute Gasteiger partial charge is 0.347 e. The maximum atomic E-state index is 12.6. The molecule has 0 aromatic carbocycles. The number of aromatic nitrogens is 3. The van der Waals surface area contributed by atoms with E-state index in [2.05, 4.69) is 15.1 Å². The molecule has 0 bridgehead atoms. The van der Waals surface area contributed by atoms with Gasteiger partial charge >= 0.3 is 6.18 Å². The fraction of sp³-hybridized carbons (Fsp3) is 0.545. The standard InChI is InChI=1S/C11H11F3N4OS/c1-6-16-9(19-17-6)7-2-3-18(5-7)10-15-4-8(20-10)11(12,13)14/h4,7H,2-3,5H2,1H3. The number of alkyl halides is 3. The Balaban J connectivity index is 1.72. The molecule has 3 rings (SSSR count). The Bertz CT molecular complexity index is 609. The van der Waals surface area contributed by atoms with Gasteiger partial charge in [0.25, 0.3) is 0 Å². The van der Waals surface area contributed by atoms with Crippen LogP contribution in [0.5, 0.6) is 0 Å². The van der Waals surface area contributed by atoms with Crippen molar-refractivity contribution in [1.29, 1.82) is 0 Å². The molecule has 1 aliphatic rings. The molecule has 2 aromatic heterocycles. The first-order chi connectivity index (χ1) is 9.43. The Morgan fingerprint density at radius 3 is 2.85 bits per heavy atom. The van der Waals surface area contributed by atoms with E-state index in [0.29, 0.717) is 41.3 Å². The van der Waals surface area contributed by atoms with Crippen LogP contribution in [0.4, 0.5) is 18.3 Å². The van der Waals surface area contributed by atoms with Crippen molar-refractivity contribution in [2.75, 3.05) is 18.0 Å². The fourth-order valence-electron chi connectivity index (χ4n) is 2.16. The summed E-state index contributed by atoms with van der Waals surface area (Å²) in [5, 5.41) is 4.11. The summed E-state index contributed by atoms with van der Waals surface area (Å²) in [7, 11) is 0. The highest BCUT2D eigenvalue weighted by Gasteiger charge is 2.35. The van der Waals surface area contributed by atoms with Crippen molar-refractivity contribution in [3.63, 3.8) is 0 Å². The lowest BCUT2D eigenvalue weighted by Gasteiger charge is -2.13. The molecule has 1 fully saturated rings. The van der Waals surface area contributed by atoms with Crippen LogP contribution in [-0.4, -0.2) is 28.2 Å². The van der Waals surface area contributed by atoms with E-state index >= 15 is 0 Å². The molecule has 108 valence electrons. The zero-order valence-electron chi connectivity index (χ0n) is 10.5. The molecule has 0 aliphatic carbocycles.